The van der Waals surface area contributed by atoms with E-state index in [0.717, 1.165) is 11.3 Å². The minimum Gasteiger partial charge on any atom is -0.476 e. The van der Waals surface area contributed by atoms with Crippen LogP contribution in [0.15, 0.2) is 30.3 Å². The van der Waals surface area contributed by atoms with Crippen LogP contribution in [-0.2, 0) is 6.42 Å². The highest BCUT2D eigenvalue weighted by Gasteiger charge is 2.15. The van der Waals surface area contributed by atoms with Crippen molar-refractivity contribution >= 4 is 22.4 Å². The van der Waals surface area contributed by atoms with Crippen molar-refractivity contribution in [1.82, 2.24) is 4.98 Å². The zero-order valence-corrected chi connectivity index (χ0v) is 11.7. The molecule has 100 valence electrons. The first kappa shape index (κ1) is 13.5. The van der Waals surface area contributed by atoms with Crippen molar-refractivity contribution in [2.75, 3.05) is 5.32 Å². The maximum atomic E-state index is 10.9. The summed E-state index contributed by atoms with van der Waals surface area (Å²) in [6, 6.07) is 10.4. The Morgan fingerprint density at radius 3 is 2.68 bits per heavy atom. The summed E-state index contributed by atoms with van der Waals surface area (Å²) in [5.41, 5.74) is 1.38. The van der Waals surface area contributed by atoms with Crippen molar-refractivity contribution in [2.45, 2.75) is 26.3 Å². The Bertz CT molecular complexity index is 566. The minimum atomic E-state index is -0.975. The van der Waals surface area contributed by atoms with Gasteiger partial charge in [-0.15, -0.1) is 11.3 Å². The van der Waals surface area contributed by atoms with Crippen molar-refractivity contribution in [3.8, 4) is 0 Å². The van der Waals surface area contributed by atoms with Gasteiger partial charge in [0.15, 0.2) is 10.8 Å². The number of nitrogens with one attached hydrogen (secondary N) is 1. The number of aromatic nitrogens is 1. The lowest BCUT2D eigenvalue weighted by Crippen LogP contribution is -2.18. The molecule has 0 spiro atoms. The number of aromatic carboxylic acids is 1. The van der Waals surface area contributed by atoms with Crippen LogP contribution in [0.3, 0.4) is 0 Å². The molecule has 1 heterocycles. The summed E-state index contributed by atoms with van der Waals surface area (Å²) >= 11 is 1.38. The quantitative estimate of drug-likeness (QED) is 0.880. The van der Waals surface area contributed by atoms with Gasteiger partial charge in [-0.25, -0.2) is 9.78 Å². The molecule has 1 atom stereocenters. The number of thiazole rings is 1. The van der Waals surface area contributed by atoms with Crippen LogP contribution in [0.2, 0.25) is 0 Å². The molecule has 0 saturated heterocycles. The second-order valence-corrected chi connectivity index (χ2v) is 5.67. The molecule has 5 heteroatoms. The largest absolute Gasteiger partial charge is 0.476 e. The van der Waals surface area contributed by atoms with Crippen LogP contribution in [0.4, 0.5) is 5.13 Å². The minimum absolute atomic E-state index is 0.138. The van der Waals surface area contributed by atoms with Crippen molar-refractivity contribution in [3.63, 3.8) is 0 Å². The standard InChI is InChI=1S/C14H16N2O2S/c1-9(8-11-6-4-3-5-7-11)15-14-16-12(13(17)18)10(2)19-14/h3-7,9H,8H2,1-2H3,(H,15,16)(H,17,18). The van der Waals surface area contributed by atoms with Crippen LogP contribution < -0.4 is 5.32 Å². The number of carbonyl (C=O) groups is 1. The van der Waals surface area contributed by atoms with E-state index in [4.69, 9.17) is 5.11 Å². The number of aryl methyl sites for hydroxylation is 1. The lowest BCUT2D eigenvalue weighted by atomic mass is 10.1. The van der Waals surface area contributed by atoms with E-state index in [0.29, 0.717) is 5.13 Å². The fourth-order valence-corrected chi connectivity index (χ4v) is 2.80. The number of rotatable bonds is 5. The molecule has 0 aliphatic rings. The Kier molecular flexibility index (Phi) is 4.16. The van der Waals surface area contributed by atoms with Gasteiger partial charge in [0.25, 0.3) is 0 Å². The number of hydrogen-bond acceptors (Lipinski definition) is 4. The molecular formula is C14H16N2O2S. The topological polar surface area (TPSA) is 62.2 Å². The number of benzene rings is 1. The molecule has 0 aliphatic heterocycles. The van der Waals surface area contributed by atoms with Gasteiger partial charge in [-0.3, -0.25) is 0 Å². The van der Waals surface area contributed by atoms with E-state index in [9.17, 15) is 4.79 Å². The van der Waals surface area contributed by atoms with E-state index in [1.807, 2.05) is 18.2 Å². The summed E-state index contributed by atoms with van der Waals surface area (Å²) in [7, 11) is 0. The van der Waals surface area contributed by atoms with E-state index in [1.165, 1.54) is 16.9 Å². The predicted octanol–water partition coefficient (Wildman–Crippen LogP) is 3.19. The lowest BCUT2D eigenvalue weighted by Gasteiger charge is -2.12. The van der Waals surface area contributed by atoms with Gasteiger partial charge in [0, 0.05) is 10.9 Å². The molecule has 1 aromatic heterocycles. The molecule has 0 bridgehead atoms. The van der Waals surface area contributed by atoms with E-state index >= 15 is 0 Å². The second-order valence-electron chi connectivity index (χ2n) is 4.46. The van der Waals surface area contributed by atoms with Gasteiger partial charge in [0.05, 0.1) is 0 Å². The third-order valence-electron chi connectivity index (χ3n) is 2.75. The van der Waals surface area contributed by atoms with Crippen molar-refractivity contribution in [1.29, 1.82) is 0 Å². The van der Waals surface area contributed by atoms with Crippen LogP contribution in [-0.4, -0.2) is 22.1 Å². The Labute approximate surface area is 116 Å². The van der Waals surface area contributed by atoms with Crippen molar-refractivity contribution in [2.24, 2.45) is 0 Å². The zero-order valence-electron chi connectivity index (χ0n) is 10.9. The van der Waals surface area contributed by atoms with Gasteiger partial charge in [-0.05, 0) is 25.8 Å². The van der Waals surface area contributed by atoms with Gasteiger partial charge in [-0.1, -0.05) is 30.3 Å². The Hall–Kier alpha value is -1.88. The van der Waals surface area contributed by atoms with Crippen LogP contribution >= 0.6 is 11.3 Å². The number of hydrogen-bond donors (Lipinski definition) is 2. The van der Waals surface area contributed by atoms with Crippen molar-refractivity contribution in [3.05, 3.63) is 46.5 Å². The number of nitrogens with zero attached hydrogens (tertiary/aromatic N) is 1. The van der Waals surface area contributed by atoms with Crippen LogP contribution in [0.5, 0.6) is 0 Å². The molecule has 2 aromatic rings. The molecule has 2 N–H and O–H groups in total. The number of anilines is 1. The maximum Gasteiger partial charge on any atom is 0.355 e. The highest BCUT2D eigenvalue weighted by atomic mass is 32.1. The first-order chi connectivity index (χ1) is 9.06. The molecule has 1 aromatic carbocycles. The Morgan fingerprint density at radius 2 is 2.11 bits per heavy atom. The van der Waals surface area contributed by atoms with E-state index in [2.05, 4.69) is 29.4 Å². The highest BCUT2D eigenvalue weighted by molar-refractivity contribution is 7.15. The fraction of sp³-hybridized carbons (Fsp3) is 0.286. The molecule has 1 unspecified atom stereocenters. The second kappa shape index (κ2) is 5.84. The summed E-state index contributed by atoms with van der Waals surface area (Å²) in [5.74, 6) is -0.975. The molecule has 0 radical (unpaired) electrons. The molecule has 0 amide bonds. The predicted molar refractivity (Wildman–Crippen MR) is 77.0 cm³/mol. The average Bonchev–Trinajstić information content (AvgIpc) is 2.71. The summed E-state index contributed by atoms with van der Waals surface area (Å²) in [6.07, 6.45) is 0.877. The summed E-state index contributed by atoms with van der Waals surface area (Å²) < 4.78 is 0. The Balaban J connectivity index is 2.01. The van der Waals surface area contributed by atoms with Gasteiger partial charge in [-0.2, -0.15) is 0 Å². The molecule has 2 rings (SSSR count). The number of carboxylic acid groups (broad SMARTS) is 1. The van der Waals surface area contributed by atoms with E-state index < -0.39 is 5.97 Å². The zero-order chi connectivity index (χ0) is 13.8. The van der Waals surface area contributed by atoms with Gasteiger partial charge in [0.2, 0.25) is 0 Å². The van der Waals surface area contributed by atoms with Crippen LogP contribution in [0.25, 0.3) is 0 Å². The maximum absolute atomic E-state index is 10.9. The smallest absolute Gasteiger partial charge is 0.355 e. The van der Waals surface area contributed by atoms with Gasteiger partial charge in [0.1, 0.15) is 0 Å². The summed E-state index contributed by atoms with van der Waals surface area (Å²) in [5, 5.41) is 12.9. The molecule has 0 fully saturated rings. The fourth-order valence-electron chi connectivity index (χ4n) is 1.89. The molecule has 0 aliphatic carbocycles. The molecule has 4 nitrogen and oxygen atoms in total. The molecule has 0 saturated carbocycles. The van der Waals surface area contributed by atoms with Crippen molar-refractivity contribution < 1.29 is 9.90 Å². The average molecular weight is 276 g/mol. The van der Waals surface area contributed by atoms with E-state index in [1.54, 1.807) is 6.92 Å². The SMILES string of the molecule is Cc1sc(NC(C)Cc2ccccc2)nc1C(=O)O. The van der Waals surface area contributed by atoms with Gasteiger partial charge >= 0.3 is 5.97 Å². The van der Waals surface area contributed by atoms with E-state index in [-0.39, 0.29) is 11.7 Å². The first-order valence-corrected chi connectivity index (χ1v) is 6.89. The van der Waals surface area contributed by atoms with Crippen LogP contribution in [0, 0.1) is 6.92 Å². The lowest BCUT2D eigenvalue weighted by molar-refractivity contribution is 0.0690. The number of carboxylic acids is 1. The third kappa shape index (κ3) is 3.54. The van der Waals surface area contributed by atoms with Crippen LogP contribution in [0.1, 0.15) is 27.9 Å². The summed E-state index contributed by atoms with van der Waals surface area (Å²) in [6.45, 7) is 3.83. The molecule has 19 heavy (non-hydrogen) atoms. The molecular weight excluding hydrogens is 260 g/mol. The van der Waals surface area contributed by atoms with Gasteiger partial charge < -0.3 is 10.4 Å². The normalized spacial score (nSPS) is 12.1. The summed E-state index contributed by atoms with van der Waals surface area (Å²) in [4.78, 5) is 15.8. The first-order valence-electron chi connectivity index (χ1n) is 6.07. The highest BCUT2D eigenvalue weighted by Crippen LogP contribution is 2.23. The monoisotopic (exact) mass is 276 g/mol. The Morgan fingerprint density at radius 1 is 1.42 bits per heavy atom. The third-order valence-corrected chi connectivity index (χ3v) is 3.66.